The van der Waals surface area contributed by atoms with Crippen molar-refractivity contribution in [2.45, 2.75) is 25.0 Å². The van der Waals surface area contributed by atoms with Gasteiger partial charge >= 0.3 is 0 Å². The molecule has 1 aromatic carbocycles. The Morgan fingerprint density at radius 2 is 2.04 bits per heavy atom. The number of rotatable bonds is 7. The number of thioether (sulfide) groups is 1. The highest BCUT2D eigenvalue weighted by molar-refractivity contribution is 7.99. The van der Waals surface area contributed by atoms with Gasteiger partial charge in [0.25, 0.3) is 11.1 Å². The molecule has 23 heavy (non-hydrogen) atoms. The van der Waals surface area contributed by atoms with Crippen molar-refractivity contribution in [2.75, 3.05) is 5.75 Å². The van der Waals surface area contributed by atoms with E-state index in [0.717, 1.165) is 23.3 Å². The van der Waals surface area contributed by atoms with Crippen LogP contribution in [0.25, 0.3) is 10.8 Å². The molecule has 3 aromatic rings. The van der Waals surface area contributed by atoms with E-state index in [1.54, 1.807) is 11.3 Å². The Morgan fingerprint density at radius 1 is 1.22 bits per heavy atom. The first-order valence-corrected chi connectivity index (χ1v) is 9.25. The SMILES string of the molecule is CCCc1ccc(C(=O)CSc2nnc(-c3cccs3)o2)cc1. The molecular weight excluding hydrogens is 328 g/mol. The molecule has 4 nitrogen and oxygen atoms in total. The largest absolute Gasteiger partial charge is 0.410 e. The molecule has 2 aromatic heterocycles. The normalized spacial score (nSPS) is 10.8. The van der Waals surface area contributed by atoms with Crippen LogP contribution in [0.3, 0.4) is 0 Å². The van der Waals surface area contributed by atoms with E-state index >= 15 is 0 Å². The lowest BCUT2D eigenvalue weighted by molar-refractivity contribution is 0.102. The monoisotopic (exact) mass is 344 g/mol. The summed E-state index contributed by atoms with van der Waals surface area (Å²) in [5.41, 5.74) is 1.98. The lowest BCUT2D eigenvalue weighted by atomic mass is 10.1. The van der Waals surface area contributed by atoms with Crippen LogP contribution in [0.5, 0.6) is 0 Å². The third-order valence-electron chi connectivity index (χ3n) is 3.28. The van der Waals surface area contributed by atoms with E-state index in [0.29, 0.717) is 16.9 Å². The molecule has 6 heteroatoms. The minimum atomic E-state index is 0.0638. The van der Waals surface area contributed by atoms with E-state index in [1.807, 2.05) is 41.8 Å². The number of nitrogens with zero attached hydrogens (tertiary/aromatic N) is 2. The third kappa shape index (κ3) is 4.09. The van der Waals surface area contributed by atoms with Gasteiger partial charge in [0, 0.05) is 5.56 Å². The number of Topliss-reactive ketones (excluding diaryl/α,β-unsaturated/α-hetero) is 1. The molecule has 0 saturated heterocycles. The molecule has 0 unspecified atom stereocenters. The topological polar surface area (TPSA) is 56.0 Å². The Bertz CT molecular complexity index is 764. The lowest BCUT2D eigenvalue weighted by Gasteiger charge is -2.01. The van der Waals surface area contributed by atoms with E-state index in [-0.39, 0.29) is 5.78 Å². The zero-order valence-corrected chi connectivity index (χ0v) is 14.3. The van der Waals surface area contributed by atoms with Crippen molar-refractivity contribution in [1.82, 2.24) is 10.2 Å². The van der Waals surface area contributed by atoms with Gasteiger partial charge in [0.2, 0.25) is 0 Å². The van der Waals surface area contributed by atoms with E-state index in [2.05, 4.69) is 17.1 Å². The fourth-order valence-corrected chi connectivity index (χ4v) is 3.43. The number of carbonyl (C=O) groups excluding carboxylic acids is 1. The molecule has 0 radical (unpaired) electrons. The maximum atomic E-state index is 12.2. The van der Waals surface area contributed by atoms with Crippen LogP contribution < -0.4 is 0 Å². The van der Waals surface area contributed by atoms with Gasteiger partial charge in [-0.2, -0.15) is 0 Å². The lowest BCUT2D eigenvalue weighted by Crippen LogP contribution is -2.02. The predicted molar refractivity (Wildman–Crippen MR) is 93.1 cm³/mol. The second kappa shape index (κ2) is 7.57. The smallest absolute Gasteiger partial charge is 0.277 e. The van der Waals surface area contributed by atoms with Gasteiger partial charge in [-0.15, -0.1) is 21.5 Å². The average Bonchev–Trinajstić information content (AvgIpc) is 3.25. The fourth-order valence-electron chi connectivity index (χ4n) is 2.12. The third-order valence-corrected chi connectivity index (χ3v) is 4.96. The minimum absolute atomic E-state index is 0.0638. The van der Waals surface area contributed by atoms with Crippen LogP contribution in [-0.4, -0.2) is 21.7 Å². The maximum absolute atomic E-state index is 12.2. The highest BCUT2D eigenvalue weighted by Gasteiger charge is 2.12. The van der Waals surface area contributed by atoms with Crippen LogP contribution in [0.15, 0.2) is 51.4 Å². The molecule has 0 bridgehead atoms. The Hall–Kier alpha value is -1.92. The van der Waals surface area contributed by atoms with Crippen molar-refractivity contribution in [1.29, 1.82) is 0 Å². The summed E-state index contributed by atoms with van der Waals surface area (Å²) < 4.78 is 5.56. The van der Waals surface area contributed by atoms with E-state index in [4.69, 9.17) is 4.42 Å². The Kier molecular flexibility index (Phi) is 5.25. The van der Waals surface area contributed by atoms with Crippen molar-refractivity contribution in [3.63, 3.8) is 0 Å². The zero-order chi connectivity index (χ0) is 16.1. The molecule has 0 aliphatic carbocycles. The van der Waals surface area contributed by atoms with E-state index in [1.165, 1.54) is 17.3 Å². The summed E-state index contributed by atoms with van der Waals surface area (Å²) in [4.78, 5) is 13.1. The number of aromatic nitrogens is 2. The predicted octanol–water partition coefficient (Wildman–Crippen LogP) is 4.73. The van der Waals surface area contributed by atoms with Crippen LogP contribution in [-0.2, 0) is 6.42 Å². The number of benzene rings is 1. The van der Waals surface area contributed by atoms with Gasteiger partial charge in [-0.1, -0.05) is 55.4 Å². The van der Waals surface area contributed by atoms with Gasteiger partial charge in [0.05, 0.1) is 10.6 Å². The van der Waals surface area contributed by atoms with Gasteiger partial charge in [0.1, 0.15) is 0 Å². The van der Waals surface area contributed by atoms with E-state index < -0.39 is 0 Å². The molecule has 118 valence electrons. The van der Waals surface area contributed by atoms with Crippen molar-refractivity contribution in [2.24, 2.45) is 0 Å². The summed E-state index contributed by atoms with van der Waals surface area (Å²) in [6.07, 6.45) is 2.14. The fraction of sp³-hybridized carbons (Fsp3) is 0.235. The Balaban J connectivity index is 1.58. The van der Waals surface area contributed by atoms with Gasteiger partial charge < -0.3 is 4.42 Å². The van der Waals surface area contributed by atoms with Gasteiger partial charge in [0.15, 0.2) is 5.78 Å². The quantitative estimate of drug-likeness (QED) is 0.458. The standard InChI is InChI=1S/C17H16N2O2S2/c1-2-4-12-6-8-13(9-7-12)14(20)11-23-17-19-18-16(21-17)15-5-3-10-22-15/h3,5-10H,2,4,11H2,1H3. The molecule has 2 heterocycles. The van der Waals surface area contributed by atoms with Crippen LogP contribution >= 0.6 is 23.1 Å². The second-order valence-corrected chi connectivity index (χ2v) is 6.88. The van der Waals surface area contributed by atoms with Crippen LogP contribution in [0.1, 0.15) is 29.3 Å². The van der Waals surface area contributed by atoms with Crippen molar-refractivity contribution in [3.05, 3.63) is 52.9 Å². The number of carbonyl (C=O) groups is 1. The Labute approximate surface area is 142 Å². The van der Waals surface area contributed by atoms with Gasteiger partial charge in [-0.05, 0) is 23.4 Å². The molecule has 0 spiro atoms. The first-order valence-electron chi connectivity index (χ1n) is 7.38. The summed E-state index contributed by atoms with van der Waals surface area (Å²) in [5, 5.41) is 10.4. The summed E-state index contributed by atoms with van der Waals surface area (Å²) in [5.74, 6) is 0.854. The molecule has 0 saturated carbocycles. The molecule has 0 amide bonds. The van der Waals surface area contributed by atoms with Crippen LogP contribution in [0.4, 0.5) is 0 Å². The summed E-state index contributed by atoms with van der Waals surface area (Å²) >= 11 is 2.81. The molecule has 0 atom stereocenters. The van der Waals surface area contributed by atoms with Gasteiger partial charge in [-0.3, -0.25) is 4.79 Å². The first-order chi connectivity index (χ1) is 11.3. The van der Waals surface area contributed by atoms with Crippen molar-refractivity contribution < 1.29 is 9.21 Å². The highest BCUT2D eigenvalue weighted by Crippen LogP contribution is 2.26. The van der Waals surface area contributed by atoms with Gasteiger partial charge in [-0.25, -0.2) is 0 Å². The zero-order valence-electron chi connectivity index (χ0n) is 12.7. The first kappa shape index (κ1) is 16.0. The molecule has 0 aliphatic heterocycles. The van der Waals surface area contributed by atoms with Crippen LogP contribution in [0.2, 0.25) is 0 Å². The molecule has 0 fully saturated rings. The number of aryl methyl sites for hydroxylation is 1. The second-order valence-electron chi connectivity index (χ2n) is 5.01. The molecule has 3 rings (SSSR count). The van der Waals surface area contributed by atoms with Crippen LogP contribution in [0, 0.1) is 0 Å². The minimum Gasteiger partial charge on any atom is -0.410 e. The molecule has 0 aliphatic rings. The number of ketones is 1. The number of thiophene rings is 1. The summed E-state index contributed by atoms with van der Waals surface area (Å²) in [6.45, 7) is 2.14. The average molecular weight is 344 g/mol. The maximum Gasteiger partial charge on any atom is 0.277 e. The molecular formula is C17H16N2O2S2. The number of hydrogen-bond acceptors (Lipinski definition) is 6. The molecule has 0 N–H and O–H groups in total. The number of hydrogen-bond donors (Lipinski definition) is 0. The summed E-state index contributed by atoms with van der Waals surface area (Å²) in [7, 11) is 0. The van der Waals surface area contributed by atoms with E-state index in [9.17, 15) is 4.79 Å². The van der Waals surface area contributed by atoms with Crippen molar-refractivity contribution in [3.8, 4) is 10.8 Å². The summed E-state index contributed by atoms with van der Waals surface area (Å²) in [6, 6.07) is 11.7. The Morgan fingerprint density at radius 3 is 2.74 bits per heavy atom. The highest BCUT2D eigenvalue weighted by atomic mass is 32.2. The van der Waals surface area contributed by atoms with Crippen molar-refractivity contribution >= 4 is 28.9 Å².